The second-order valence-electron chi connectivity index (χ2n) is 6.03. The number of rotatable bonds is 9. The Bertz CT molecular complexity index is 572. The number of piperidine rings is 1. The molecule has 2 rings (SSSR count). The molecule has 0 aliphatic carbocycles. The van der Waals surface area contributed by atoms with Crippen molar-refractivity contribution in [2.75, 3.05) is 32.8 Å². The molecule has 7 heteroatoms. The predicted molar refractivity (Wildman–Crippen MR) is 95.7 cm³/mol. The standard InChI is InChI=1S/C17H29N3O3S/c1-2-19(15-16-7-4-3-5-8-16)24(21,22)20-12-9-17(10-13-20)23-14-6-11-18/h3-5,7-8,17H,2,6,9-15,18H2,1H3. The Balaban J connectivity index is 1.92. The molecule has 0 saturated carbocycles. The highest BCUT2D eigenvalue weighted by atomic mass is 32.2. The summed E-state index contributed by atoms with van der Waals surface area (Å²) in [6, 6.07) is 9.70. The number of nitrogens with two attached hydrogens (primary N) is 1. The van der Waals surface area contributed by atoms with E-state index in [1.54, 1.807) is 4.31 Å². The Morgan fingerprint density at radius 3 is 2.50 bits per heavy atom. The molecule has 0 atom stereocenters. The van der Waals surface area contributed by atoms with E-state index in [-0.39, 0.29) is 6.10 Å². The minimum atomic E-state index is -3.43. The van der Waals surface area contributed by atoms with Gasteiger partial charge in [-0.05, 0) is 31.4 Å². The molecule has 2 N–H and O–H groups in total. The molecule has 1 heterocycles. The van der Waals surface area contributed by atoms with E-state index in [4.69, 9.17) is 10.5 Å². The third-order valence-electron chi connectivity index (χ3n) is 4.31. The monoisotopic (exact) mass is 355 g/mol. The summed E-state index contributed by atoms with van der Waals surface area (Å²) in [6.45, 7) is 5.06. The van der Waals surface area contributed by atoms with Crippen molar-refractivity contribution in [1.29, 1.82) is 0 Å². The fourth-order valence-electron chi connectivity index (χ4n) is 2.87. The van der Waals surface area contributed by atoms with Gasteiger partial charge in [-0.2, -0.15) is 17.0 Å². The average Bonchev–Trinajstić information content (AvgIpc) is 2.61. The van der Waals surface area contributed by atoms with Crippen LogP contribution in [-0.4, -0.2) is 55.9 Å². The van der Waals surface area contributed by atoms with Gasteiger partial charge in [0.05, 0.1) is 6.10 Å². The SMILES string of the molecule is CCN(Cc1ccccc1)S(=O)(=O)N1CCC(OCCCN)CC1. The summed E-state index contributed by atoms with van der Waals surface area (Å²) in [5, 5.41) is 0. The van der Waals surface area contributed by atoms with Gasteiger partial charge in [-0.3, -0.25) is 0 Å². The maximum atomic E-state index is 12.9. The summed E-state index contributed by atoms with van der Waals surface area (Å²) in [7, 11) is -3.43. The van der Waals surface area contributed by atoms with Crippen LogP contribution < -0.4 is 5.73 Å². The first-order valence-electron chi connectivity index (χ1n) is 8.68. The Morgan fingerprint density at radius 1 is 1.25 bits per heavy atom. The van der Waals surface area contributed by atoms with Gasteiger partial charge in [0.2, 0.25) is 0 Å². The molecule has 1 aromatic rings. The maximum absolute atomic E-state index is 12.9. The van der Waals surface area contributed by atoms with Crippen molar-refractivity contribution >= 4 is 10.2 Å². The van der Waals surface area contributed by atoms with Crippen LogP contribution in [0.4, 0.5) is 0 Å². The van der Waals surface area contributed by atoms with Crippen LogP contribution in [0.25, 0.3) is 0 Å². The Kier molecular flexibility index (Phi) is 7.64. The third-order valence-corrected chi connectivity index (χ3v) is 6.37. The fraction of sp³-hybridized carbons (Fsp3) is 0.647. The molecule has 136 valence electrons. The van der Waals surface area contributed by atoms with Gasteiger partial charge >= 0.3 is 0 Å². The topological polar surface area (TPSA) is 75.9 Å². The first-order chi connectivity index (χ1) is 11.6. The summed E-state index contributed by atoms with van der Waals surface area (Å²) in [4.78, 5) is 0. The zero-order valence-electron chi connectivity index (χ0n) is 14.4. The highest BCUT2D eigenvalue weighted by Gasteiger charge is 2.32. The van der Waals surface area contributed by atoms with E-state index in [1.807, 2.05) is 37.3 Å². The van der Waals surface area contributed by atoms with Crippen LogP contribution in [0.3, 0.4) is 0 Å². The minimum absolute atomic E-state index is 0.146. The van der Waals surface area contributed by atoms with Crippen molar-refractivity contribution in [3.63, 3.8) is 0 Å². The summed E-state index contributed by atoms with van der Waals surface area (Å²) >= 11 is 0. The molecule has 0 spiro atoms. The van der Waals surface area contributed by atoms with E-state index >= 15 is 0 Å². The van der Waals surface area contributed by atoms with E-state index < -0.39 is 10.2 Å². The van der Waals surface area contributed by atoms with Gasteiger partial charge in [0, 0.05) is 32.8 Å². The number of benzene rings is 1. The molecule has 24 heavy (non-hydrogen) atoms. The summed E-state index contributed by atoms with van der Waals surface area (Å²) in [5.74, 6) is 0. The molecule has 0 aromatic heterocycles. The summed E-state index contributed by atoms with van der Waals surface area (Å²) in [6.07, 6.45) is 2.48. The lowest BCUT2D eigenvalue weighted by Gasteiger charge is -2.34. The van der Waals surface area contributed by atoms with Gasteiger partial charge in [0.25, 0.3) is 10.2 Å². The molecule has 6 nitrogen and oxygen atoms in total. The van der Waals surface area contributed by atoms with Crippen LogP contribution in [0.5, 0.6) is 0 Å². The normalized spacial score (nSPS) is 17.5. The first kappa shape index (κ1) is 19.3. The average molecular weight is 356 g/mol. The van der Waals surface area contributed by atoms with Gasteiger partial charge in [-0.25, -0.2) is 0 Å². The van der Waals surface area contributed by atoms with E-state index in [0.717, 1.165) is 24.8 Å². The Hall–Kier alpha value is -0.990. The zero-order chi connectivity index (χ0) is 17.4. The van der Waals surface area contributed by atoms with Gasteiger partial charge in [-0.15, -0.1) is 0 Å². The first-order valence-corrected chi connectivity index (χ1v) is 10.1. The number of hydrogen-bond donors (Lipinski definition) is 1. The largest absolute Gasteiger partial charge is 0.378 e. The van der Waals surface area contributed by atoms with E-state index in [9.17, 15) is 8.42 Å². The molecule has 0 bridgehead atoms. The van der Waals surface area contributed by atoms with Crippen LogP contribution in [0.15, 0.2) is 30.3 Å². The highest BCUT2D eigenvalue weighted by molar-refractivity contribution is 7.86. The molecule has 0 radical (unpaired) electrons. The molecular formula is C17H29N3O3S. The summed E-state index contributed by atoms with van der Waals surface area (Å²) in [5.41, 5.74) is 6.46. The van der Waals surface area contributed by atoms with Gasteiger partial charge in [0.15, 0.2) is 0 Å². The van der Waals surface area contributed by atoms with E-state index in [2.05, 4.69) is 0 Å². The molecule has 0 unspecified atom stereocenters. The van der Waals surface area contributed by atoms with Crippen LogP contribution in [-0.2, 0) is 21.5 Å². The molecular weight excluding hydrogens is 326 g/mol. The summed E-state index contributed by atoms with van der Waals surface area (Å²) < 4.78 is 34.6. The third kappa shape index (κ3) is 5.26. The quantitative estimate of drug-likeness (QED) is 0.683. The lowest BCUT2D eigenvalue weighted by atomic mass is 10.1. The number of hydrogen-bond acceptors (Lipinski definition) is 4. The number of nitrogens with zero attached hydrogens (tertiary/aromatic N) is 2. The van der Waals surface area contributed by atoms with Crippen LogP contribution in [0.2, 0.25) is 0 Å². The van der Waals surface area contributed by atoms with E-state index in [1.165, 1.54) is 4.31 Å². The van der Waals surface area contributed by atoms with E-state index in [0.29, 0.717) is 39.3 Å². The predicted octanol–water partition coefficient (Wildman–Crippen LogP) is 1.58. The van der Waals surface area contributed by atoms with Crippen molar-refractivity contribution in [1.82, 2.24) is 8.61 Å². The second-order valence-corrected chi connectivity index (χ2v) is 7.96. The van der Waals surface area contributed by atoms with Gasteiger partial charge in [0.1, 0.15) is 0 Å². The smallest absolute Gasteiger partial charge is 0.282 e. The van der Waals surface area contributed by atoms with Crippen molar-refractivity contribution in [2.45, 2.75) is 38.8 Å². The second kappa shape index (κ2) is 9.48. The van der Waals surface area contributed by atoms with Crippen LogP contribution in [0, 0.1) is 0 Å². The Labute approximate surface area is 145 Å². The molecule has 1 aliphatic heterocycles. The highest BCUT2D eigenvalue weighted by Crippen LogP contribution is 2.20. The molecule has 1 saturated heterocycles. The fourth-order valence-corrected chi connectivity index (χ4v) is 4.51. The molecule has 1 aliphatic rings. The van der Waals surface area contributed by atoms with Crippen molar-refractivity contribution in [3.05, 3.63) is 35.9 Å². The minimum Gasteiger partial charge on any atom is -0.378 e. The van der Waals surface area contributed by atoms with Gasteiger partial charge in [-0.1, -0.05) is 37.3 Å². The maximum Gasteiger partial charge on any atom is 0.282 e. The van der Waals surface area contributed by atoms with Gasteiger partial charge < -0.3 is 10.5 Å². The molecule has 1 fully saturated rings. The molecule has 1 aromatic carbocycles. The van der Waals surface area contributed by atoms with Crippen molar-refractivity contribution in [2.24, 2.45) is 5.73 Å². The lowest BCUT2D eigenvalue weighted by Crippen LogP contribution is -2.48. The van der Waals surface area contributed by atoms with Crippen molar-refractivity contribution < 1.29 is 13.2 Å². The van der Waals surface area contributed by atoms with Crippen molar-refractivity contribution in [3.8, 4) is 0 Å². The number of ether oxygens (including phenoxy) is 1. The van der Waals surface area contributed by atoms with Crippen LogP contribution in [0.1, 0.15) is 31.7 Å². The Morgan fingerprint density at radius 2 is 1.92 bits per heavy atom. The lowest BCUT2D eigenvalue weighted by molar-refractivity contribution is 0.0200. The van der Waals surface area contributed by atoms with Crippen LogP contribution >= 0.6 is 0 Å². The zero-order valence-corrected chi connectivity index (χ0v) is 15.2. The molecule has 0 amide bonds.